The predicted octanol–water partition coefficient (Wildman–Crippen LogP) is 3.50. The van der Waals surface area contributed by atoms with Crippen molar-refractivity contribution in [1.82, 2.24) is 4.98 Å². The molecule has 1 heterocycles. The average Bonchev–Trinajstić information content (AvgIpc) is 2.29. The van der Waals surface area contributed by atoms with Crippen LogP contribution >= 0.6 is 27.7 Å². The number of halogens is 2. The highest BCUT2D eigenvalue weighted by atomic mass is 79.9. The van der Waals surface area contributed by atoms with Crippen LogP contribution in [0.4, 0.5) is 4.39 Å². The van der Waals surface area contributed by atoms with Gasteiger partial charge in [0.25, 0.3) is 0 Å². The van der Waals surface area contributed by atoms with Crippen molar-refractivity contribution < 1.29 is 9.18 Å². The number of rotatable bonds is 2. The van der Waals surface area contributed by atoms with E-state index in [1.54, 1.807) is 42.6 Å². The highest BCUT2D eigenvalue weighted by molar-refractivity contribution is 9.10. The Morgan fingerprint density at radius 3 is 2.94 bits per heavy atom. The number of nitrogens with zero attached hydrogens (tertiary/aromatic N) is 1. The van der Waals surface area contributed by atoms with Crippen LogP contribution in [0.3, 0.4) is 0 Å². The summed E-state index contributed by atoms with van der Waals surface area (Å²) in [5.74, 6) is -0.834. The van der Waals surface area contributed by atoms with E-state index in [9.17, 15) is 9.18 Å². The van der Waals surface area contributed by atoms with Gasteiger partial charge in [-0.2, -0.15) is 0 Å². The Morgan fingerprint density at radius 2 is 2.29 bits per heavy atom. The zero-order chi connectivity index (χ0) is 12.3. The minimum absolute atomic E-state index is 0.274. The van der Waals surface area contributed by atoms with Gasteiger partial charge in [0.2, 0.25) is 5.12 Å². The molecule has 2 unspecified atom stereocenters. The number of carbonyl (C=O) groups is 1. The van der Waals surface area contributed by atoms with Crippen LogP contribution in [0, 0.1) is 5.92 Å². The Hall–Kier alpha value is -0.940. The van der Waals surface area contributed by atoms with E-state index in [-0.39, 0.29) is 5.12 Å². The van der Waals surface area contributed by atoms with E-state index in [0.717, 1.165) is 11.8 Å². The van der Waals surface area contributed by atoms with Crippen LogP contribution in [0.5, 0.6) is 0 Å². The first-order valence-electron chi connectivity index (χ1n) is 4.96. The topological polar surface area (TPSA) is 30.0 Å². The summed E-state index contributed by atoms with van der Waals surface area (Å²) in [5, 5.41) is 0.299. The van der Waals surface area contributed by atoms with Crippen LogP contribution in [0.1, 0.15) is 0 Å². The maximum atomic E-state index is 14.0. The summed E-state index contributed by atoms with van der Waals surface area (Å²) < 4.78 is 12.2. The van der Waals surface area contributed by atoms with Crippen molar-refractivity contribution in [1.29, 1.82) is 0 Å². The van der Waals surface area contributed by atoms with Crippen LogP contribution < -0.4 is 0 Å². The molecule has 0 aromatic carbocycles. The normalized spacial score (nSPS) is 27.1. The summed E-state index contributed by atoms with van der Waals surface area (Å²) in [6, 6.07) is 5.27. The van der Waals surface area contributed by atoms with Crippen molar-refractivity contribution in [3.63, 3.8) is 0 Å². The maximum absolute atomic E-state index is 14.0. The lowest BCUT2D eigenvalue weighted by molar-refractivity contribution is -0.114. The molecule has 0 spiro atoms. The van der Waals surface area contributed by atoms with Crippen molar-refractivity contribution in [3.05, 3.63) is 48.7 Å². The maximum Gasteiger partial charge on any atom is 0.206 e. The standard InChI is InChI=1S/C12H9BrFNOS/c13-12(14)7-3-1-5-9(12)11(16)17-10-6-2-4-8-15-10/h1-9H. The van der Waals surface area contributed by atoms with Gasteiger partial charge in [-0.15, -0.1) is 0 Å². The number of hydrogen-bond acceptors (Lipinski definition) is 3. The number of hydrogen-bond donors (Lipinski definition) is 0. The Kier molecular flexibility index (Phi) is 3.79. The molecule has 0 fully saturated rings. The largest absolute Gasteiger partial charge is 0.286 e. The van der Waals surface area contributed by atoms with E-state index in [4.69, 9.17) is 0 Å². The van der Waals surface area contributed by atoms with Gasteiger partial charge in [0.15, 0.2) is 4.58 Å². The summed E-state index contributed by atoms with van der Waals surface area (Å²) in [6.07, 6.45) is 7.72. The van der Waals surface area contributed by atoms with Crippen molar-refractivity contribution >= 4 is 32.8 Å². The second-order valence-corrected chi connectivity index (χ2v) is 5.73. The van der Waals surface area contributed by atoms with Crippen LogP contribution in [0.15, 0.2) is 53.7 Å². The zero-order valence-electron chi connectivity index (χ0n) is 8.72. The van der Waals surface area contributed by atoms with Crippen LogP contribution in [-0.2, 0) is 4.79 Å². The first kappa shape index (κ1) is 12.5. The quantitative estimate of drug-likeness (QED) is 0.618. The summed E-state index contributed by atoms with van der Waals surface area (Å²) in [4.78, 5) is 16.0. The van der Waals surface area contributed by atoms with E-state index >= 15 is 0 Å². The molecular formula is C12H9BrFNOS. The van der Waals surface area contributed by atoms with Crippen molar-refractivity contribution in [2.75, 3.05) is 0 Å². The van der Waals surface area contributed by atoms with Gasteiger partial charge in [-0.25, -0.2) is 9.37 Å². The molecule has 0 amide bonds. The molecule has 2 rings (SSSR count). The average molecular weight is 314 g/mol. The first-order chi connectivity index (χ1) is 8.09. The molecule has 2 nitrogen and oxygen atoms in total. The summed E-state index contributed by atoms with van der Waals surface area (Å²) in [5.41, 5.74) is 0. The number of alkyl halides is 2. The Labute approximate surface area is 111 Å². The van der Waals surface area contributed by atoms with E-state index in [1.807, 2.05) is 0 Å². The molecule has 1 aromatic heterocycles. The molecule has 17 heavy (non-hydrogen) atoms. The molecule has 88 valence electrons. The molecule has 0 N–H and O–H groups in total. The number of aromatic nitrogens is 1. The molecule has 1 aromatic rings. The number of allylic oxidation sites excluding steroid dienone is 4. The van der Waals surface area contributed by atoms with E-state index in [0.29, 0.717) is 5.03 Å². The lowest BCUT2D eigenvalue weighted by Crippen LogP contribution is -2.29. The van der Waals surface area contributed by atoms with Crippen molar-refractivity contribution in [3.8, 4) is 0 Å². The number of pyridine rings is 1. The fraction of sp³-hybridized carbons (Fsp3) is 0.167. The Bertz CT molecular complexity index is 473. The van der Waals surface area contributed by atoms with Crippen LogP contribution in [0.25, 0.3) is 0 Å². The number of thioether (sulfide) groups is 1. The van der Waals surface area contributed by atoms with E-state index < -0.39 is 10.5 Å². The van der Waals surface area contributed by atoms with Gasteiger partial charge in [0, 0.05) is 6.20 Å². The summed E-state index contributed by atoms with van der Waals surface area (Å²) >= 11 is 3.86. The lowest BCUT2D eigenvalue weighted by atomic mass is 10.0. The molecule has 0 bridgehead atoms. The molecule has 1 aliphatic carbocycles. The van der Waals surface area contributed by atoms with Gasteiger partial charge < -0.3 is 0 Å². The molecule has 0 radical (unpaired) electrons. The predicted molar refractivity (Wildman–Crippen MR) is 69.6 cm³/mol. The smallest absolute Gasteiger partial charge is 0.206 e. The SMILES string of the molecule is O=C(Sc1ccccn1)C1C=CC=CC1(F)Br. The molecule has 0 saturated heterocycles. The highest BCUT2D eigenvalue weighted by Gasteiger charge is 2.39. The van der Waals surface area contributed by atoms with Gasteiger partial charge in [0.05, 0.1) is 5.92 Å². The van der Waals surface area contributed by atoms with Gasteiger partial charge >= 0.3 is 0 Å². The van der Waals surface area contributed by atoms with Crippen molar-refractivity contribution in [2.24, 2.45) is 5.92 Å². The van der Waals surface area contributed by atoms with E-state index in [2.05, 4.69) is 20.9 Å². The lowest BCUT2D eigenvalue weighted by Gasteiger charge is -2.23. The second kappa shape index (κ2) is 5.14. The molecule has 0 aliphatic heterocycles. The molecule has 1 aliphatic rings. The van der Waals surface area contributed by atoms with Gasteiger partial charge in [-0.1, -0.05) is 24.3 Å². The van der Waals surface area contributed by atoms with Gasteiger partial charge in [0.1, 0.15) is 5.03 Å². The third kappa shape index (κ3) is 3.04. The fourth-order valence-corrected chi connectivity index (χ4v) is 2.91. The van der Waals surface area contributed by atoms with Crippen LogP contribution in [-0.4, -0.2) is 14.7 Å². The molecule has 5 heteroatoms. The highest BCUT2D eigenvalue weighted by Crippen LogP contribution is 2.38. The minimum atomic E-state index is -1.80. The van der Waals surface area contributed by atoms with Gasteiger partial charge in [-0.3, -0.25) is 4.79 Å². The Balaban J connectivity index is 2.11. The Morgan fingerprint density at radius 1 is 1.47 bits per heavy atom. The van der Waals surface area contributed by atoms with Gasteiger partial charge in [-0.05, 0) is 45.9 Å². The van der Waals surface area contributed by atoms with Crippen LogP contribution in [0.2, 0.25) is 0 Å². The molecular weight excluding hydrogens is 305 g/mol. The minimum Gasteiger partial charge on any atom is -0.286 e. The molecule has 0 saturated carbocycles. The van der Waals surface area contributed by atoms with Crippen molar-refractivity contribution in [2.45, 2.75) is 9.60 Å². The zero-order valence-corrected chi connectivity index (χ0v) is 11.1. The summed E-state index contributed by atoms with van der Waals surface area (Å²) in [6.45, 7) is 0. The third-order valence-electron chi connectivity index (χ3n) is 2.24. The monoisotopic (exact) mass is 313 g/mol. The number of carbonyl (C=O) groups excluding carboxylic acids is 1. The first-order valence-corrected chi connectivity index (χ1v) is 6.57. The fourth-order valence-electron chi connectivity index (χ4n) is 1.40. The third-order valence-corrected chi connectivity index (χ3v) is 3.91. The molecule has 2 atom stereocenters. The summed E-state index contributed by atoms with van der Waals surface area (Å²) in [7, 11) is 0. The second-order valence-electron chi connectivity index (χ2n) is 3.49. The van der Waals surface area contributed by atoms with E-state index in [1.165, 1.54) is 6.08 Å².